The summed E-state index contributed by atoms with van der Waals surface area (Å²) in [5, 5.41) is 12.9. The van der Waals surface area contributed by atoms with E-state index in [1.807, 2.05) is 0 Å². The molecule has 0 amide bonds. The minimum absolute atomic E-state index is 0.00331. The molecule has 0 radical (unpaired) electrons. The van der Waals surface area contributed by atoms with Crippen LogP contribution < -0.4 is 5.32 Å². The Morgan fingerprint density at radius 2 is 2.25 bits per heavy atom. The van der Waals surface area contributed by atoms with E-state index in [1.165, 1.54) is 12.1 Å². The van der Waals surface area contributed by atoms with E-state index in [-0.39, 0.29) is 11.9 Å². The number of fused-ring (bicyclic) bond motifs is 1. The monoisotopic (exact) mass is 278 g/mol. The molecule has 5 heteroatoms. The molecular formula is C15H19FN2O2. The van der Waals surface area contributed by atoms with Crippen molar-refractivity contribution in [3.05, 3.63) is 29.6 Å². The molecule has 20 heavy (non-hydrogen) atoms. The van der Waals surface area contributed by atoms with Crippen molar-refractivity contribution in [3.63, 3.8) is 0 Å². The van der Waals surface area contributed by atoms with E-state index in [4.69, 9.17) is 0 Å². The first-order valence-corrected chi connectivity index (χ1v) is 7.04. The number of rotatable bonds is 3. The first-order chi connectivity index (χ1) is 9.51. The van der Waals surface area contributed by atoms with Crippen LogP contribution >= 0.6 is 0 Å². The van der Waals surface area contributed by atoms with Gasteiger partial charge in [0.15, 0.2) is 5.54 Å². The number of nitrogens with zero attached hydrogens (tertiary/aromatic N) is 1. The summed E-state index contributed by atoms with van der Waals surface area (Å²) in [6, 6.07) is 4.61. The number of carboxylic acid groups (broad SMARTS) is 1. The number of hydrogen-bond donors (Lipinski definition) is 2. The zero-order valence-corrected chi connectivity index (χ0v) is 11.5. The number of aliphatic carboxylic acids is 1. The maximum Gasteiger partial charge on any atom is 0.331 e. The van der Waals surface area contributed by atoms with Crippen molar-refractivity contribution in [2.24, 2.45) is 0 Å². The summed E-state index contributed by atoms with van der Waals surface area (Å²) < 4.78 is 13.5. The average Bonchev–Trinajstić information content (AvgIpc) is 2.91. The summed E-state index contributed by atoms with van der Waals surface area (Å²) in [4.78, 5) is 14.1. The molecule has 108 valence electrons. The van der Waals surface area contributed by atoms with Crippen molar-refractivity contribution >= 4 is 11.7 Å². The van der Waals surface area contributed by atoms with Gasteiger partial charge >= 0.3 is 5.97 Å². The molecule has 2 saturated heterocycles. The Labute approximate surface area is 117 Å². The van der Waals surface area contributed by atoms with Crippen molar-refractivity contribution in [1.29, 1.82) is 0 Å². The minimum Gasteiger partial charge on any atom is -0.479 e. The summed E-state index contributed by atoms with van der Waals surface area (Å²) >= 11 is 0. The Kier molecular flexibility index (Phi) is 3.17. The van der Waals surface area contributed by atoms with Gasteiger partial charge in [0.1, 0.15) is 5.82 Å². The van der Waals surface area contributed by atoms with E-state index in [0.717, 1.165) is 31.5 Å². The second-order valence-corrected chi connectivity index (χ2v) is 5.86. The Bertz CT molecular complexity index is 528. The van der Waals surface area contributed by atoms with Gasteiger partial charge in [0, 0.05) is 18.3 Å². The third kappa shape index (κ3) is 2.06. The van der Waals surface area contributed by atoms with Gasteiger partial charge in [-0.2, -0.15) is 0 Å². The summed E-state index contributed by atoms with van der Waals surface area (Å²) in [5.41, 5.74) is 0.351. The minimum atomic E-state index is -0.989. The van der Waals surface area contributed by atoms with Crippen molar-refractivity contribution < 1.29 is 14.3 Å². The lowest BCUT2D eigenvalue weighted by atomic mass is 9.88. The number of carbonyl (C=O) groups is 1. The molecule has 0 spiro atoms. The van der Waals surface area contributed by atoms with Gasteiger partial charge in [-0.1, -0.05) is 0 Å². The van der Waals surface area contributed by atoms with Gasteiger partial charge in [-0.25, -0.2) is 9.18 Å². The number of aryl methyl sites for hydroxylation is 1. The Morgan fingerprint density at radius 1 is 1.45 bits per heavy atom. The van der Waals surface area contributed by atoms with Crippen LogP contribution in [0.15, 0.2) is 18.2 Å². The number of anilines is 1. The third-order valence-corrected chi connectivity index (χ3v) is 4.52. The van der Waals surface area contributed by atoms with Crippen molar-refractivity contribution in [1.82, 2.24) is 4.90 Å². The summed E-state index contributed by atoms with van der Waals surface area (Å²) in [5.74, 6) is -1.18. The van der Waals surface area contributed by atoms with Gasteiger partial charge in [0.2, 0.25) is 0 Å². The molecule has 1 aromatic rings. The largest absolute Gasteiger partial charge is 0.479 e. The predicted molar refractivity (Wildman–Crippen MR) is 74.3 cm³/mol. The highest BCUT2D eigenvalue weighted by molar-refractivity contribution is 5.84. The number of nitrogens with one attached hydrogen (secondary N) is 1. The molecule has 0 aliphatic carbocycles. The Hall–Kier alpha value is -1.62. The maximum atomic E-state index is 13.5. The molecule has 3 rings (SSSR count). The highest BCUT2D eigenvalue weighted by atomic mass is 19.1. The van der Waals surface area contributed by atoms with Gasteiger partial charge in [-0.15, -0.1) is 0 Å². The van der Waals surface area contributed by atoms with E-state index in [9.17, 15) is 14.3 Å². The molecular weight excluding hydrogens is 259 g/mol. The van der Waals surface area contributed by atoms with Crippen LogP contribution in [0, 0.1) is 12.7 Å². The van der Waals surface area contributed by atoms with Gasteiger partial charge in [0.25, 0.3) is 0 Å². The molecule has 2 aliphatic heterocycles. The standard InChI is InChI=1S/C15H19FN2O2/c1-10-7-11(16)9-12(8-10)17-15(14(19)20)4-6-18-5-2-3-13(15)18/h7-9,13,17H,2-6H2,1H3,(H,19,20). The molecule has 2 fully saturated rings. The van der Waals surface area contributed by atoms with Crippen LogP contribution in [0.2, 0.25) is 0 Å². The molecule has 4 nitrogen and oxygen atoms in total. The molecule has 2 heterocycles. The van der Waals surface area contributed by atoms with Crippen LogP contribution in [0.1, 0.15) is 24.8 Å². The summed E-state index contributed by atoms with van der Waals surface area (Å²) in [6.07, 6.45) is 2.47. The first kappa shape index (κ1) is 13.4. The molecule has 1 aromatic carbocycles. The maximum absolute atomic E-state index is 13.5. The van der Waals surface area contributed by atoms with E-state index in [1.54, 1.807) is 13.0 Å². The van der Waals surface area contributed by atoms with E-state index in [2.05, 4.69) is 10.2 Å². The predicted octanol–water partition coefficient (Wildman–Crippen LogP) is 2.24. The fourth-order valence-corrected chi connectivity index (χ4v) is 3.65. The van der Waals surface area contributed by atoms with E-state index >= 15 is 0 Å². The molecule has 2 unspecified atom stereocenters. The van der Waals surface area contributed by atoms with Crippen LogP contribution in [0.5, 0.6) is 0 Å². The first-order valence-electron chi connectivity index (χ1n) is 7.04. The van der Waals surface area contributed by atoms with Gasteiger partial charge in [-0.05, 0) is 56.5 Å². The molecule has 0 bridgehead atoms. The zero-order chi connectivity index (χ0) is 14.3. The topological polar surface area (TPSA) is 52.6 Å². The second kappa shape index (κ2) is 4.74. The van der Waals surface area contributed by atoms with Crippen LogP contribution in [0.3, 0.4) is 0 Å². The summed E-state index contributed by atoms with van der Waals surface area (Å²) in [6.45, 7) is 3.56. The van der Waals surface area contributed by atoms with Crippen LogP contribution in [0.25, 0.3) is 0 Å². The van der Waals surface area contributed by atoms with Crippen LogP contribution in [0.4, 0.5) is 10.1 Å². The van der Waals surface area contributed by atoms with Gasteiger partial charge in [0.05, 0.1) is 0 Å². The third-order valence-electron chi connectivity index (χ3n) is 4.52. The van der Waals surface area contributed by atoms with E-state index < -0.39 is 11.5 Å². The number of benzene rings is 1. The average molecular weight is 278 g/mol. The lowest BCUT2D eigenvalue weighted by molar-refractivity contribution is -0.143. The van der Waals surface area contributed by atoms with E-state index in [0.29, 0.717) is 12.1 Å². The lowest BCUT2D eigenvalue weighted by Gasteiger charge is -2.33. The van der Waals surface area contributed by atoms with Crippen LogP contribution in [-0.2, 0) is 4.79 Å². The van der Waals surface area contributed by atoms with Crippen molar-refractivity contribution in [2.45, 2.75) is 37.8 Å². The SMILES string of the molecule is Cc1cc(F)cc(NC2(C(=O)O)CCN3CCCC32)c1. The second-order valence-electron chi connectivity index (χ2n) is 5.86. The zero-order valence-electron chi connectivity index (χ0n) is 11.5. The van der Waals surface area contributed by atoms with Crippen LogP contribution in [-0.4, -0.2) is 40.6 Å². The Balaban J connectivity index is 1.94. The van der Waals surface area contributed by atoms with Gasteiger partial charge < -0.3 is 10.4 Å². The van der Waals surface area contributed by atoms with Crippen molar-refractivity contribution in [3.8, 4) is 0 Å². The molecule has 2 aliphatic rings. The number of carboxylic acids is 1. The highest BCUT2D eigenvalue weighted by Crippen LogP contribution is 2.38. The normalized spacial score (nSPS) is 29.4. The molecule has 2 N–H and O–H groups in total. The fourth-order valence-electron chi connectivity index (χ4n) is 3.65. The molecule has 0 saturated carbocycles. The number of halogens is 1. The lowest BCUT2D eigenvalue weighted by Crippen LogP contribution is -2.54. The number of hydrogen-bond acceptors (Lipinski definition) is 3. The van der Waals surface area contributed by atoms with Crippen molar-refractivity contribution in [2.75, 3.05) is 18.4 Å². The highest BCUT2D eigenvalue weighted by Gasteiger charge is 2.54. The molecule has 2 atom stereocenters. The van der Waals surface area contributed by atoms with Gasteiger partial charge in [-0.3, -0.25) is 4.90 Å². The molecule has 0 aromatic heterocycles. The fraction of sp³-hybridized carbons (Fsp3) is 0.533. The Morgan fingerprint density at radius 3 is 2.95 bits per heavy atom. The smallest absolute Gasteiger partial charge is 0.331 e. The summed E-state index contributed by atoms with van der Waals surface area (Å²) in [7, 11) is 0. The quantitative estimate of drug-likeness (QED) is 0.890.